The van der Waals surface area contributed by atoms with E-state index < -0.39 is 0 Å². The van der Waals surface area contributed by atoms with Crippen LogP contribution in [0.4, 0.5) is 11.6 Å². The normalized spacial score (nSPS) is 10.6. The molecule has 2 rings (SSSR count). The van der Waals surface area contributed by atoms with Crippen molar-refractivity contribution in [2.24, 2.45) is 0 Å². The standard InChI is InChI=1S/C14H20N4/c1-3-17-9-8-16-14(17)18(4-2)11-12-6-5-7-13(15)10-12/h5-10H,3-4,11,15H2,1-2H3. The Morgan fingerprint density at radius 3 is 2.83 bits per heavy atom. The van der Waals surface area contributed by atoms with Crippen LogP contribution in [0.2, 0.25) is 0 Å². The summed E-state index contributed by atoms with van der Waals surface area (Å²) < 4.78 is 2.15. The summed E-state index contributed by atoms with van der Waals surface area (Å²) in [5, 5.41) is 0. The van der Waals surface area contributed by atoms with Gasteiger partial charge < -0.3 is 15.2 Å². The summed E-state index contributed by atoms with van der Waals surface area (Å²) in [5.41, 5.74) is 7.83. The fraction of sp³-hybridized carbons (Fsp3) is 0.357. The minimum absolute atomic E-state index is 0.808. The summed E-state index contributed by atoms with van der Waals surface area (Å²) >= 11 is 0. The lowest BCUT2D eigenvalue weighted by Gasteiger charge is -2.22. The highest BCUT2D eigenvalue weighted by Gasteiger charge is 2.10. The summed E-state index contributed by atoms with van der Waals surface area (Å²) in [6, 6.07) is 8.01. The molecule has 0 amide bonds. The third kappa shape index (κ3) is 2.64. The van der Waals surface area contributed by atoms with Gasteiger partial charge in [-0.25, -0.2) is 4.98 Å². The Hall–Kier alpha value is -1.97. The van der Waals surface area contributed by atoms with Crippen LogP contribution in [0, 0.1) is 0 Å². The summed E-state index contributed by atoms with van der Waals surface area (Å²) in [6.07, 6.45) is 3.86. The molecule has 0 aliphatic rings. The molecule has 1 aromatic heterocycles. The van der Waals surface area contributed by atoms with Gasteiger partial charge in [0.2, 0.25) is 5.95 Å². The molecule has 0 aliphatic heterocycles. The molecule has 0 radical (unpaired) electrons. The van der Waals surface area contributed by atoms with Crippen LogP contribution < -0.4 is 10.6 Å². The monoisotopic (exact) mass is 244 g/mol. The molecule has 0 fully saturated rings. The van der Waals surface area contributed by atoms with Gasteiger partial charge >= 0.3 is 0 Å². The Morgan fingerprint density at radius 2 is 2.17 bits per heavy atom. The van der Waals surface area contributed by atoms with Crippen molar-refractivity contribution in [2.75, 3.05) is 17.2 Å². The van der Waals surface area contributed by atoms with Gasteiger partial charge in [-0.3, -0.25) is 0 Å². The minimum atomic E-state index is 0.808. The second-order valence-electron chi connectivity index (χ2n) is 4.27. The molecule has 2 aromatic rings. The quantitative estimate of drug-likeness (QED) is 0.822. The highest BCUT2D eigenvalue weighted by atomic mass is 15.3. The first-order chi connectivity index (χ1) is 8.74. The van der Waals surface area contributed by atoms with Gasteiger partial charge in [0.1, 0.15) is 0 Å². The number of anilines is 2. The van der Waals surface area contributed by atoms with E-state index in [9.17, 15) is 0 Å². The van der Waals surface area contributed by atoms with Crippen molar-refractivity contribution < 1.29 is 0 Å². The zero-order valence-corrected chi connectivity index (χ0v) is 11.0. The molecular formula is C14H20N4. The van der Waals surface area contributed by atoms with Crippen LogP contribution in [0.1, 0.15) is 19.4 Å². The van der Waals surface area contributed by atoms with Gasteiger partial charge in [-0.15, -0.1) is 0 Å². The molecular weight excluding hydrogens is 224 g/mol. The first-order valence-electron chi connectivity index (χ1n) is 6.35. The van der Waals surface area contributed by atoms with E-state index in [0.29, 0.717) is 0 Å². The Morgan fingerprint density at radius 1 is 1.33 bits per heavy atom. The Balaban J connectivity index is 2.20. The molecule has 4 heteroatoms. The lowest BCUT2D eigenvalue weighted by Crippen LogP contribution is -2.25. The highest BCUT2D eigenvalue weighted by molar-refractivity contribution is 5.42. The van der Waals surface area contributed by atoms with E-state index in [4.69, 9.17) is 5.73 Å². The van der Waals surface area contributed by atoms with Crippen LogP contribution in [0.5, 0.6) is 0 Å². The van der Waals surface area contributed by atoms with E-state index in [-0.39, 0.29) is 0 Å². The second-order valence-corrected chi connectivity index (χ2v) is 4.27. The smallest absolute Gasteiger partial charge is 0.205 e. The molecule has 0 saturated heterocycles. The molecule has 0 atom stereocenters. The number of rotatable bonds is 5. The van der Waals surface area contributed by atoms with Gasteiger partial charge in [-0.2, -0.15) is 0 Å². The minimum Gasteiger partial charge on any atom is -0.399 e. The Kier molecular flexibility index (Phi) is 3.87. The second kappa shape index (κ2) is 5.58. The SMILES string of the molecule is CCN(Cc1cccc(N)c1)c1nccn1CC. The van der Waals surface area contributed by atoms with Crippen LogP contribution >= 0.6 is 0 Å². The van der Waals surface area contributed by atoms with Gasteiger partial charge in [0.15, 0.2) is 0 Å². The number of aromatic nitrogens is 2. The van der Waals surface area contributed by atoms with Crippen molar-refractivity contribution >= 4 is 11.6 Å². The van der Waals surface area contributed by atoms with Crippen molar-refractivity contribution in [3.63, 3.8) is 0 Å². The van der Waals surface area contributed by atoms with Gasteiger partial charge in [0, 0.05) is 37.7 Å². The maximum absolute atomic E-state index is 5.81. The van der Waals surface area contributed by atoms with Crippen molar-refractivity contribution in [3.8, 4) is 0 Å². The van der Waals surface area contributed by atoms with Gasteiger partial charge in [0.25, 0.3) is 0 Å². The highest BCUT2D eigenvalue weighted by Crippen LogP contribution is 2.16. The molecule has 0 aliphatic carbocycles. The fourth-order valence-corrected chi connectivity index (χ4v) is 2.07. The molecule has 0 bridgehead atoms. The number of nitrogens with zero attached hydrogens (tertiary/aromatic N) is 3. The predicted octanol–water partition coefficient (Wildman–Crippen LogP) is 2.51. The Labute approximate surface area is 108 Å². The van der Waals surface area contributed by atoms with Crippen molar-refractivity contribution in [1.82, 2.24) is 9.55 Å². The average molecular weight is 244 g/mol. The largest absolute Gasteiger partial charge is 0.399 e. The topological polar surface area (TPSA) is 47.1 Å². The molecule has 0 unspecified atom stereocenters. The number of nitrogen functional groups attached to an aromatic ring is 1. The molecule has 0 spiro atoms. The Bertz CT molecular complexity index is 504. The summed E-state index contributed by atoms with van der Waals surface area (Å²) in [6.45, 7) is 6.95. The van der Waals surface area contributed by atoms with Crippen molar-refractivity contribution in [2.45, 2.75) is 26.9 Å². The molecule has 0 saturated carbocycles. The van der Waals surface area contributed by atoms with Gasteiger partial charge in [-0.1, -0.05) is 12.1 Å². The molecule has 4 nitrogen and oxygen atoms in total. The van der Waals surface area contributed by atoms with E-state index >= 15 is 0 Å². The van der Waals surface area contributed by atoms with Crippen molar-refractivity contribution in [3.05, 3.63) is 42.2 Å². The van der Waals surface area contributed by atoms with Gasteiger partial charge in [0.05, 0.1) is 0 Å². The van der Waals surface area contributed by atoms with Crippen LogP contribution in [-0.4, -0.2) is 16.1 Å². The van der Waals surface area contributed by atoms with E-state index in [2.05, 4.69) is 34.4 Å². The average Bonchev–Trinajstić information content (AvgIpc) is 2.84. The van der Waals surface area contributed by atoms with Crippen LogP contribution in [-0.2, 0) is 13.1 Å². The van der Waals surface area contributed by atoms with Crippen LogP contribution in [0.15, 0.2) is 36.7 Å². The van der Waals surface area contributed by atoms with Crippen LogP contribution in [0.25, 0.3) is 0 Å². The number of nitrogens with two attached hydrogens (primary N) is 1. The number of imidazole rings is 1. The first kappa shape index (κ1) is 12.5. The third-order valence-electron chi connectivity index (χ3n) is 3.02. The van der Waals surface area contributed by atoms with E-state index in [0.717, 1.165) is 31.3 Å². The number of aryl methyl sites for hydroxylation is 1. The number of hydrogen-bond acceptors (Lipinski definition) is 3. The summed E-state index contributed by atoms with van der Waals surface area (Å²) in [5.74, 6) is 1.02. The summed E-state index contributed by atoms with van der Waals surface area (Å²) in [7, 11) is 0. The third-order valence-corrected chi connectivity index (χ3v) is 3.02. The summed E-state index contributed by atoms with van der Waals surface area (Å²) in [4.78, 5) is 6.68. The zero-order valence-electron chi connectivity index (χ0n) is 11.0. The van der Waals surface area contributed by atoms with E-state index in [1.165, 1.54) is 5.56 Å². The molecule has 18 heavy (non-hydrogen) atoms. The lowest BCUT2D eigenvalue weighted by molar-refractivity contribution is 0.700. The molecule has 1 heterocycles. The number of benzene rings is 1. The number of hydrogen-bond donors (Lipinski definition) is 1. The maximum atomic E-state index is 5.81. The fourth-order valence-electron chi connectivity index (χ4n) is 2.07. The van der Waals surface area contributed by atoms with Crippen molar-refractivity contribution in [1.29, 1.82) is 0 Å². The predicted molar refractivity (Wildman–Crippen MR) is 75.5 cm³/mol. The first-order valence-corrected chi connectivity index (χ1v) is 6.35. The molecule has 96 valence electrons. The van der Waals surface area contributed by atoms with Crippen LogP contribution in [0.3, 0.4) is 0 Å². The van der Waals surface area contributed by atoms with Gasteiger partial charge in [-0.05, 0) is 31.5 Å². The van der Waals surface area contributed by atoms with E-state index in [1.807, 2.05) is 30.6 Å². The molecule has 1 aromatic carbocycles. The van der Waals surface area contributed by atoms with E-state index in [1.54, 1.807) is 0 Å². The zero-order chi connectivity index (χ0) is 13.0. The maximum Gasteiger partial charge on any atom is 0.205 e. The lowest BCUT2D eigenvalue weighted by atomic mass is 10.2. The molecule has 2 N–H and O–H groups in total.